The maximum absolute atomic E-state index is 4.61. The van der Waals surface area contributed by atoms with Crippen molar-refractivity contribution in [2.45, 2.75) is 6.54 Å². The molecular formula is C13H19N5. The third-order valence-electron chi connectivity index (χ3n) is 3.37. The molecule has 5 nitrogen and oxygen atoms in total. The molecule has 18 heavy (non-hydrogen) atoms. The van der Waals surface area contributed by atoms with Crippen molar-refractivity contribution in [3.8, 4) is 0 Å². The maximum Gasteiger partial charge on any atom is 0.138 e. The number of hydrogen-bond acceptors (Lipinski definition) is 4. The van der Waals surface area contributed by atoms with E-state index in [1.165, 1.54) is 5.82 Å². The predicted octanol–water partition coefficient (Wildman–Crippen LogP) is 0.763. The first-order chi connectivity index (χ1) is 8.78. The second-order valence-corrected chi connectivity index (χ2v) is 4.86. The molecule has 3 heterocycles. The largest absolute Gasteiger partial charge is 0.343 e. The van der Waals surface area contributed by atoms with Crippen molar-refractivity contribution in [3.63, 3.8) is 0 Å². The minimum Gasteiger partial charge on any atom is -0.343 e. The van der Waals surface area contributed by atoms with E-state index in [2.05, 4.69) is 55.9 Å². The van der Waals surface area contributed by atoms with Gasteiger partial charge in [-0.15, -0.1) is 0 Å². The second-order valence-electron chi connectivity index (χ2n) is 4.86. The van der Waals surface area contributed by atoms with Crippen LogP contribution in [0.25, 0.3) is 5.65 Å². The molecule has 96 valence electrons. The first-order valence-corrected chi connectivity index (χ1v) is 6.33. The minimum atomic E-state index is 0.807. The zero-order chi connectivity index (χ0) is 12.5. The summed E-state index contributed by atoms with van der Waals surface area (Å²) in [6.07, 6.45) is 2.12. The van der Waals surface area contributed by atoms with E-state index >= 15 is 0 Å². The highest BCUT2D eigenvalue weighted by Gasteiger charge is 2.19. The first kappa shape index (κ1) is 11.5. The monoisotopic (exact) mass is 245 g/mol. The number of anilines is 1. The lowest BCUT2D eigenvalue weighted by molar-refractivity contribution is 0.420. The van der Waals surface area contributed by atoms with E-state index in [1.807, 2.05) is 7.05 Å². The van der Waals surface area contributed by atoms with Gasteiger partial charge in [-0.3, -0.25) is 9.30 Å². The molecule has 1 fully saturated rings. The Kier molecular flexibility index (Phi) is 2.93. The van der Waals surface area contributed by atoms with Gasteiger partial charge in [-0.25, -0.2) is 4.98 Å². The van der Waals surface area contributed by atoms with Gasteiger partial charge < -0.3 is 10.2 Å². The summed E-state index contributed by atoms with van der Waals surface area (Å²) in [5.41, 5.74) is 2.10. The van der Waals surface area contributed by atoms with Crippen molar-refractivity contribution in [1.82, 2.24) is 19.6 Å². The van der Waals surface area contributed by atoms with E-state index in [4.69, 9.17) is 0 Å². The number of nitrogens with one attached hydrogen (secondary N) is 1. The van der Waals surface area contributed by atoms with Gasteiger partial charge >= 0.3 is 0 Å². The molecule has 0 aliphatic carbocycles. The second kappa shape index (κ2) is 4.59. The van der Waals surface area contributed by atoms with Gasteiger partial charge in [0, 0.05) is 25.8 Å². The lowest BCUT2D eigenvalue weighted by atomic mass is 10.4. The molecule has 0 bridgehead atoms. The Bertz CT molecular complexity index is 547. The van der Waals surface area contributed by atoms with E-state index in [9.17, 15) is 0 Å². The molecule has 0 atom stereocenters. The Morgan fingerprint density at radius 1 is 1.33 bits per heavy atom. The highest BCUT2D eigenvalue weighted by atomic mass is 15.4. The molecule has 2 aromatic rings. The molecule has 0 aromatic carbocycles. The molecule has 0 saturated carbocycles. The van der Waals surface area contributed by atoms with Crippen molar-refractivity contribution >= 4 is 11.5 Å². The van der Waals surface area contributed by atoms with Gasteiger partial charge in [0.25, 0.3) is 0 Å². The minimum absolute atomic E-state index is 0.807. The Balaban J connectivity index is 2.00. The summed E-state index contributed by atoms with van der Waals surface area (Å²) in [5, 5.41) is 3.14. The van der Waals surface area contributed by atoms with Crippen molar-refractivity contribution < 1.29 is 0 Å². The van der Waals surface area contributed by atoms with E-state index in [0.29, 0.717) is 0 Å². The third-order valence-corrected chi connectivity index (χ3v) is 3.37. The quantitative estimate of drug-likeness (QED) is 0.866. The Morgan fingerprint density at radius 2 is 2.22 bits per heavy atom. The Hall–Kier alpha value is -1.59. The van der Waals surface area contributed by atoms with E-state index in [0.717, 1.165) is 37.6 Å². The number of fused-ring (bicyclic) bond motifs is 1. The van der Waals surface area contributed by atoms with E-state index < -0.39 is 0 Å². The van der Waals surface area contributed by atoms with Crippen molar-refractivity contribution in [3.05, 3.63) is 30.1 Å². The van der Waals surface area contributed by atoms with Crippen molar-refractivity contribution in [1.29, 1.82) is 0 Å². The molecule has 1 aliphatic rings. The van der Waals surface area contributed by atoms with E-state index in [-0.39, 0.29) is 0 Å². The SMILES string of the molecule is CNCc1cn2c(N3CCN(C)C3)cccc2n1. The summed E-state index contributed by atoms with van der Waals surface area (Å²) >= 11 is 0. The summed E-state index contributed by atoms with van der Waals surface area (Å²) in [5.74, 6) is 1.23. The highest BCUT2D eigenvalue weighted by molar-refractivity contribution is 5.52. The summed E-state index contributed by atoms with van der Waals surface area (Å²) in [6.45, 7) is 3.99. The maximum atomic E-state index is 4.61. The van der Waals surface area contributed by atoms with Gasteiger partial charge in [-0.2, -0.15) is 0 Å². The molecule has 1 N–H and O–H groups in total. The normalized spacial score (nSPS) is 16.9. The fourth-order valence-electron chi connectivity index (χ4n) is 2.48. The van der Waals surface area contributed by atoms with Gasteiger partial charge in [0.15, 0.2) is 0 Å². The first-order valence-electron chi connectivity index (χ1n) is 6.33. The number of likely N-dealkylation sites (N-methyl/N-ethyl adjacent to an activating group) is 1. The fraction of sp³-hybridized carbons (Fsp3) is 0.462. The zero-order valence-corrected chi connectivity index (χ0v) is 10.9. The molecule has 1 aliphatic heterocycles. The fourth-order valence-corrected chi connectivity index (χ4v) is 2.48. The van der Waals surface area contributed by atoms with E-state index in [1.54, 1.807) is 0 Å². The van der Waals surface area contributed by atoms with Gasteiger partial charge in [0.05, 0.1) is 12.4 Å². The van der Waals surface area contributed by atoms with Crippen LogP contribution in [0.5, 0.6) is 0 Å². The average Bonchev–Trinajstić information content (AvgIpc) is 2.94. The van der Waals surface area contributed by atoms with Crippen LogP contribution >= 0.6 is 0 Å². The lowest BCUT2D eigenvalue weighted by Gasteiger charge is -2.19. The van der Waals surface area contributed by atoms with Crippen LogP contribution in [0.2, 0.25) is 0 Å². The number of hydrogen-bond donors (Lipinski definition) is 1. The summed E-state index contributed by atoms with van der Waals surface area (Å²) in [4.78, 5) is 9.32. The van der Waals surface area contributed by atoms with Crippen LogP contribution in [0.1, 0.15) is 5.69 Å². The number of pyridine rings is 1. The Labute approximate surface area is 107 Å². The standard InChI is InChI=1S/C13H19N5/c1-14-8-11-9-18-12(15-11)4-3-5-13(18)17-7-6-16(2)10-17/h3-5,9,14H,6-8,10H2,1-2H3. The smallest absolute Gasteiger partial charge is 0.138 e. The predicted molar refractivity (Wildman–Crippen MR) is 72.8 cm³/mol. The van der Waals surface area contributed by atoms with Gasteiger partial charge in [-0.05, 0) is 26.2 Å². The van der Waals surface area contributed by atoms with Crippen molar-refractivity contribution in [2.75, 3.05) is 38.8 Å². The Morgan fingerprint density at radius 3 is 2.94 bits per heavy atom. The zero-order valence-electron chi connectivity index (χ0n) is 10.9. The van der Waals surface area contributed by atoms with Gasteiger partial charge in [0.1, 0.15) is 11.5 Å². The third kappa shape index (κ3) is 1.95. The molecular weight excluding hydrogens is 226 g/mol. The topological polar surface area (TPSA) is 35.8 Å². The summed E-state index contributed by atoms with van der Waals surface area (Å²) in [7, 11) is 4.10. The molecule has 0 amide bonds. The molecule has 2 aromatic heterocycles. The number of imidazole rings is 1. The van der Waals surface area contributed by atoms with Crippen LogP contribution in [0.4, 0.5) is 5.82 Å². The number of nitrogens with zero attached hydrogens (tertiary/aromatic N) is 4. The highest BCUT2D eigenvalue weighted by Crippen LogP contribution is 2.20. The van der Waals surface area contributed by atoms with Crippen LogP contribution in [-0.2, 0) is 6.54 Å². The van der Waals surface area contributed by atoms with Crippen LogP contribution in [0.3, 0.4) is 0 Å². The molecule has 0 radical (unpaired) electrons. The van der Waals surface area contributed by atoms with Crippen LogP contribution in [-0.4, -0.2) is 48.1 Å². The average molecular weight is 245 g/mol. The molecule has 5 heteroatoms. The summed E-state index contributed by atoms with van der Waals surface area (Å²) in [6, 6.07) is 6.30. The molecule has 3 rings (SSSR count). The van der Waals surface area contributed by atoms with Crippen LogP contribution < -0.4 is 10.2 Å². The van der Waals surface area contributed by atoms with Crippen molar-refractivity contribution in [2.24, 2.45) is 0 Å². The number of rotatable bonds is 3. The van der Waals surface area contributed by atoms with Crippen LogP contribution in [0, 0.1) is 0 Å². The van der Waals surface area contributed by atoms with Gasteiger partial charge in [-0.1, -0.05) is 6.07 Å². The van der Waals surface area contributed by atoms with Crippen LogP contribution in [0.15, 0.2) is 24.4 Å². The molecule has 0 unspecified atom stereocenters. The molecule has 0 spiro atoms. The summed E-state index contributed by atoms with van der Waals surface area (Å²) < 4.78 is 2.19. The van der Waals surface area contributed by atoms with Gasteiger partial charge in [0.2, 0.25) is 0 Å². The lowest BCUT2D eigenvalue weighted by Crippen LogP contribution is -2.24. The molecule has 1 saturated heterocycles. The number of aromatic nitrogens is 2.